The topological polar surface area (TPSA) is 57.6 Å². The first-order chi connectivity index (χ1) is 9.65. The molecule has 3 rings (SSSR count). The predicted molar refractivity (Wildman–Crippen MR) is 76.0 cm³/mol. The number of benzene rings is 1. The van der Waals surface area contributed by atoms with E-state index in [4.69, 9.17) is 5.11 Å². The van der Waals surface area contributed by atoms with Crippen LogP contribution in [0.4, 0.5) is 5.69 Å². The van der Waals surface area contributed by atoms with Crippen molar-refractivity contribution in [3.63, 3.8) is 0 Å². The zero-order chi connectivity index (χ0) is 14.1. The number of nitrogens with zero attached hydrogens (tertiary/aromatic N) is 1. The molecule has 1 fully saturated rings. The zero-order valence-electron chi connectivity index (χ0n) is 11.5. The molecule has 1 aliphatic carbocycles. The Kier molecular flexibility index (Phi) is 3.47. The SMILES string of the molecule is O=C(O)c1ccc2c(c1)N(C(=O)CC1CCCC1)CC2. The molecule has 0 bridgehead atoms. The molecule has 1 aromatic carbocycles. The lowest BCUT2D eigenvalue weighted by Gasteiger charge is -2.19. The van der Waals surface area contributed by atoms with Gasteiger partial charge in [0.2, 0.25) is 5.91 Å². The van der Waals surface area contributed by atoms with E-state index >= 15 is 0 Å². The van der Waals surface area contributed by atoms with E-state index in [2.05, 4.69) is 0 Å². The van der Waals surface area contributed by atoms with Crippen molar-refractivity contribution < 1.29 is 14.7 Å². The van der Waals surface area contributed by atoms with E-state index in [1.807, 2.05) is 6.07 Å². The first-order valence-corrected chi connectivity index (χ1v) is 7.32. The number of anilines is 1. The Morgan fingerprint density at radius 1 is 1.25 bits per heavy atom. The van der Waals surface area contributed by atoms with E-state index in [0.717, 1.165) is 30.5 Å². The Bertz CT molecular complexity index is 547. The van der Waals surface area contributed by atoms with Crippen molar-refractivity contribution in [2.75, 3.05) is 11.4 Å². The number of carbonyl (C=O) groups excluding carboxylic acids is 1. The van der Waals surface area contributed by atoms with Gasteiger partial charge in [0.25, 0.3) is 0 Å². The lowest BCUT2D eigenvalue weighted by molar-refractivity contribution is -0.119. The zero-order valence-corrected chi connectivity index (χ0v) is 11.5. The summed E-state index contributed by atoms with van der Waals surface area (Å²) in [6.45, 7) is 0.684. The Labute approximate surface area is 118 Å². The molecule has 0 spiro atoms. The second-order valence-corrected chi connectivity index (χ2v) is 5.80. The van der Waals surface area contributed by atoms with E-state index in [1.165, 1.54) is 12.8 Å². The number of hydrogen-bond donors (Lipinski definition) is 1. The van der Waals surface area contributed by atoms with Gasteiger partial charge in [-0.3, -0.25) is 4.79 Å². The monoisotopic (exact) mass is 273 g/mol. The smallest absolute Gasteiger partial charge is 0.335 e. The maximum atomic E-state index is 12.4. The quantitative estimate of drug-likeness (QED) is 0.921. The number of amides is 1. The van der Waals surface area contributed by atoms with Crippen molar-refractivity contribution in [2.45, 2.75) is 38.5 Å². The normalized spacial score (nSPS) is 18.3. The van der Waals surface area contributed by atoms with Crippen molar-refractivity contribution in [3.05, 3.63) is 29.3 Å². The second-order valence-electron chi connectivity index (χ2n) is 5.80. The average molecular weight is 273 g/mol. The molecule has 1 aromatic rings. The number of carbonyl (C=O) groups is 2. The van der Waals surface area contributed by atoms with Crippen molar-refractivity contribution >= 4 is 17.6 Å². The lowest BCUT2D eigenvalue weighted by atomic mass is 10.0. The van der Waals surface area contributed by atoms with Gasteiger partial charge in [0, 0.05) is 18.7 Å². The van der Waals surface area contributed by atoms with Gasteiger partial charge in [0.05, 0.1) is 5.56 Å². The van der Waals surface area contributed by atoms with E-state index < -0.39 is 5.97 Å². The Balaban J connectivity index is 1.78. The molecular weight excluding hydrogens is 254 g/mol. The molecule has 2 aliphatic rings. The van der Waals surface area contributed by atoms with Crippen LogP contribution in [0.5, 0.6) is 0 Å². The highest BCUT2D eigenvalue weighted by Gasteiger charge is 2.28. The summed E-state index contributed by atoms with van der Waals surface area (Å²) in [7, 11) is 0. The maximum absolute atomic E-state index is 12.4. The Morgan fingerprint density at radius 3 is 2.70 bits per heavy atom. The molecule has 20 heavy (non-hydrogen) atoms. The van der Waals surface area contributed by atoms with E-state index in [0.29, 0.717) is 18.9 Å². The molecule has 1 saturated carbocycles. The minimum absolute atomic E-state index is 0.151. The van der Waals surface area contributed by atoms with Crippen molar-refractivity contribution in [2.24, 2.45) is 5.92 Å². The van der Waals surface area contributed by atoms with Gasteiger partial charge in [-0.25, -0.2) is 4.79 Å². The first-order valence-electron chi connectivity index (χ1n) is 7.32. The van der Waals surface area contributed by atoms with Crippen LogP contribution in [0.15, 0.2) is 18.2 Å². The molecule has 0 aromatic heterocycles. The fourth-order valence-electron chi connectivity index (χ4n) is 3.34. The molecule has 1 heterocycles. The number of aromatic carboxylic acids is 1. The number of carboxylic acids is 1. The molecule has 1 N–H and O–H groups in total. The van der Waals surface area contributed by atoms with Gasteiger partial charge in [-0.2, -0.15) is 0 Å². The fourth-order valence-corrected chi connectivity index (χ4v) is 3.34. The Morgan fingerprint density at radius 2 is 2.00 bits per heavy atom. The van der Waals surface area contributed by atoms with Crippen molar-refractivity contribution in [1.82, 2.24) is 0 Å². The summed E-state index contributed by atoms with van der Waals surface area (Å²) in [6, 6.07) is 5.09. The van der Waals surface area contributed by atoms with E-state index in [-0.39, 0.29) is 11.5 Å². The van der Waals surface area contributed by atoms with Gasteiger partial charge in [-0.1, -0.05) is 18.9 Å². The molecule has 1 aliphatic heterocycles. The number of hydrogen-bond acceptors (Lipinski definition) is 2. The summed E-state index contributed by atoms with van der Waals surface area (Å²) in [5, 5.41) is 9.07. The highest BCUT2D eigenvalue weighted by molar-refractivity contribution is 5.97. The van der Waals surface area contributed by atoms with Crippen LogP contribution < -0.4 is 4.90 Å². The lowest BCUT2D eigenvalue weighted by Crippen LogP contribution is -2.30. The summed E-state index contributed by atoms with van der Waals surface area (Å²) in [5.74, 6) is -0.268. The number of carboxylic acid groups (broad SMARTS) is 1. The molecule has 4 nitrogen and oxygen atoms in total. The summed E-state index contributed by atoms with van der Waals surface area (Å²) in [6.07, 6.45) is 6.21. The van der Waals surface area contributed by atoms with Crippen LogP contribution >= 0.6 is 0 Å². The third kappa shape index (κ3) is 2.42. The second kappa shape index (κ2) is 5.27. The predicted octanol–water partition coefficient (Wildman–Crippen LogP) is 2.85. The van der Waals surface area contributed by atoms with Gasteiger partial charge in [-0.15, -0.1) is 0 Å². The maximum Gasteiger partial charge on any atom is 0.335 e. The highest BCUT2D eigenvalue weighted by atomic mass is 16.4. The van der Waals surface area contributed by atoms with Gasteiger partial charge >= 0.3 is 5.97 Å². The van der Waals surface area contributed by atoms with Gasteiger partial charge in [-0.05, 0) is 42.9 Å². The van der Waals surface area contributed by atoms with Gasteiger partial charge < -0.3 is 10.0 Å². The summed E-state index contributed by atoms with van der Waals surface area (Å²) >= 11 is 0. The average Bonchev–Trinajstić information content (AvgIpc) is 3.06. The highest BCUT2D eigenvalue weighted by Crippen LogP contribution is 2.33. The van der Waals surface area contributed by atoms with Crippen LogP contribution in [-0.2, 0) is 11.2 Å². The van der Waals surface area contributed by atoms with Crippen molar-refractivity contribution in [1.29, 1.82) is 0 Å². The van der Waals surface area contributed by atoms with E-state index in [9.17, 15) is 9.59 Å². The van der Waals surface area contributed by atoms with Crippen LogP contribution in [0.2, 0.25) is 0 Å². The van der Waals surface area contributed by atoms with Gasteiger partial charge in [0.15, 0.2) is 0 Å². The molecule has 0 unspecified atom stereocenters. The summed E-state index contributed by atoms with van der Waals surface area (Å²) in [5.41, 5.74) is 2.13. The van der Waals surface area contributed by atoms with Crippen molar-refractivity contribution in [3.8, 4) is 0 Å². The summed E-state index contributed by atoms with van der Waals surface area (Å²) < 4.78 is 0. The largest absolute Gasteiger partial charge is 0.478 e. The fraction of sp³-hybridized carbons (Fsp3) is 0.500. The summed E-state index contributed by atoms with van der Waals surface area (Å²) in [4.78, 5) is 25.3. The van der Waals surface area contributed by atoms with Crippen LogP contribution in [0.1, 0.15) is 48.0 Å². The Hall–Kier alpha value is -1.84. The number of fused-ring (bicyclic) bond motifs is 1. The van der Waals surface area contributed by atoms with Crippen LogP contribution in [-0.4, -0.2) is 23.5 Å². The molecule has 106 valence electrons. The molecule has 0 radical (unpaired) electrons. The minimum atomic E-state index is -0.942. The molecular formula is C16H19NO3. The molecule has 1 amide bonds. The standard InChI is InChI=1S/C16H19NO3/c18-15(9-11-3-1-2-4-11)17-8-7-12-5-6-13(16(19)20)10-14(12)17/h5-6,10-11H,1-4,7-9H2,(H,19,20). The third-order valence-corrected chi connectivity index (χ3v) is 4.47. The first kappa shape index (κ1) is 13.2. The van der Waals surface area contributed by atoms with Gasteiger partial charge in [0.1, 0.15) is 0 Å². The minimum Gasteiger partial charge on any atom is -0.478 e. The van der Waals surface area contributed by atoms with E-state index in [1.54, 1.807) is 17.0 Å². The third-order valence-electron chi connectivity index (χ3n) is 4.47. The molecule has 4 heteroatoms. The number of rotatable bonds is 3. The van der Waals surface area contributed by atoms with Crippen LogP contribution in [0.3, 0.4) is 0 Å². The van der Waals surface area contributed by atoms with Crippen LogP contribution in [0.25, 0.3) is 0 Å². The molecule has 0 saturated heterocycles. The molecule has 0 atom stereocenters. The van der Waals surface area contributed by atoms with Crippen LogP contribution in [0, 0.1) is 5.92 Å².